The second-order valence-electron chi connectivity index (χ2n) is 7.48. The molecule has 6 heteroatoms. The Kier molecular flexibility index (Phi) is 5.48. The van der Waals surface area contributed by atoms with Gasteiger partial charge in [0.05, 0.1) is 12.3 Å². The molecular formula is C22H29N5O. The summed E-state index contributed by atoms with van der Waals surface area (Å²) < 4.78 is 6.11. The molecular weight excluding hydrogens is 350 g/mol. The first-order chi connectivity index (χ1) is 13.7. The minimum Gasteiger partial charge on any atom is -0.491 e. The molecule has 0 amide bonds. The van der Waals surface area contributed by atoms with E-state index in [4.69, 9.17) is 9.72 Å². The Labute approximate surface area is 166 Å². The van der Waals surface area contributed by atoms with E-state index in [0.29, 0.717) is 0 Å². The number of nitrogens with zero attached hydrogens (tertiary/aromatic N) is 2. The van der Waals surface area contributed by atoms with Crippen LogP contribution in [0.4, 0.5) is 17.3 Å². The van der Waals surface area contributed by atoms with Gasteiger partial charge in [-0.3, -0.25) is 0 Å². The minimum absolute atomic E-state index is 0.768. The van der Waals surface area contributed by atoms with Crippen molar-refractivity contribution >= 4 is 22.9 Å². The molecule has 3 N–H and O–H groups in total. The van der Waals surface area contributed by atoms with Gasteiger partial charge in [0, 0.05) is 42.2 Å². The minimum atomic E-state index is 0.768. The van der Waals surface area contributed by atoms with E-state index in [-0.39, 0.29) is 0 Å². The molecule has 6 nitrogen and oxygen atoms in total. The molecule has 0 bridgehead atoms. The zero-order chi connectivity index (χ0) is 19.5. The summed E-state index contributed by atoms with van der Waals surface area (Å²) >= 11 is 0. The molecule has 2 aromatic heterocycles. The van der Waals surface area contributed by atoms with E-state index < -0.39 is 0 Å². The van der Waals surface area contributed by atoms with Crippen LogP contribution in [0.2, 0.25) is 0 Å². The molecule has 0 unspecified atom stereocenters. The Morgan fingerprint density at radius 2 is 2.00 bits per heavy atom. The molecule has 0 radical (unpaired) electrons. The van der Waals surface area contributed by atoms with Crippen molar-refractivity contribution in [3.05, 3.63) is 40.7 Å². The SMILES string of the molecule is CNc1cc(C)nc(Nc2nc3c(c(C4=CCNCCC4)c2C)OCCC3)c1. The first kappa shape index (κ1) is 18.7. The number of hydrogen-bond donors (Lipinski definition) is 3. The number of fused-ring (bicyclic) bond motifs is 1. The first-order valence-electron chi connectivity index (χ1n) is 10.2. The van der Waals surface area contributed by atoms with Gasteiger partial charge in [0.1, 0.15) is 17.4 Å². The fourth-order valence-corrected chi connectivity index (χ4v) is 3.98. The second kappa shape index (κ2) is 8.19. The van der Waals surface area contributed by atoms with Gasteiger partial charge >= 0.3 is 0 Å². The molecule has 0 fully saturated rings. The van der Waals surface area contributed by atoms with Gasteiger partial charge in [0.2, 0.25) is 0 Å². The maximum Gasteiger partial charge on any atom is 0.148 e. The van der Waals surface area contributed by atoms with Gasteiger partial charge < -0.3 is 20.7 Å². The van der Waals surface area contributed by atoms with E-state index >= 15 is 0 Å². The number of pyridine rings is 2. The summed E-state index contributed by atoms with van der Waals surface area (Å²) in [5.41, 5.74) is 6.76. The molecule has 4 heterocycles. The van der Waals surface area contributed by atoms with E-state index in [1.807, 2.05) is 26.1 Å². The molecule has 0 saturated heterocycles. The summed E-state index contributed by atoms with van der Waals surface area (Å²) in [6.45, 7) is 6.86. The highest BCUT2D eigenvalue weighted by Gasteiger charge is 2.24. The summed E-state index contributed by atoms with van der Waals surface area (Å²) in [6, 6.07) is 4.04. The summed E-state index contributed by atoms with van der Waals surface area (Å²) in [4.78, 5) is 9.57. The Morgan fingerprint density at radius 1 is 1.11 bits per heavy atom. The normalized spacial score (nSPS) is 16.5. The van der Waals surface area contributed by atoms with Crippen LogP contribution >= 0.6 is 0 Å². The van der Waals surface area contributed by atoms with Gasteiger partial charge in [-0.15, -0.1) is 0 Å². The number of allylic oxidation sites excluding steroid dienone is 1. The third-order valence-electron chi connectivity index (χ3n) is 5.37. The molecule has 2 aromatic rings. The van der Waals surface area contributed by atoms with Crippen LogP contribution < -0.4 is 20.7 Å². The van der Waals surface area contributed by atoms with Gasteiger partial charge in [-0.2, -0.15) is 0 Å². The van der Waals surface area contributed by atoms with Gasteiger partial charge in [0.25, 0.3) is 0 Å². The van der Waals surface area contributed by atoms with E-state index in [1.54, 1.807) is 0 Å². The molecule has 148 valence electrons. The largest absolute Gasteiger partial charge is 0.491 e. The topological polar surface area (TPSA) is 71.1 Å². The lowest BCUT2D eigenvalue weighted by atomic mass is 9.94. The number of anilines is 3. The second-order valence-corrected chi connectivity index (χ2v) is 7.48. The van der Waals surface area contributed by atoms with Crippen LogP contribution in [0, 0.1) is 13.8 Å². The third kappa shape index (κ3) is 3.83. The Hall–Kier alpha value is -2.60. The summed E-state index contributed by atoms with van der Waals surface area (Å²) in [6.07, 6.45) is 6.46. The molecule has 4 rings (SSSR count). The number of ether oxygens (including phenoxy) is 1. The molecule has 0 atom stereocenters. The lowest BCUT2D eigenvalue weighted by Crippen LogP contribution is -2.15. The zero-order valence-electron chi connectivity index (χ0n) is 17.0. The predicted octanol–water partition coefficient (Wildman–Crippen LogP) is 3.97. The van der Waals surface area contributed by atoms with E-state index in [2.05, 4.69) is 33.9 Å². The Bertz CT molecular complexity index is 906. The lowest BCUT2D eigenvalue weighted by molar-refractivity contribution is 0.284. The summed E-state index contributed by atoms with van der Waals surface area (Å²) in [5, 5.41) is 10.1. The van der Waals surface area contributed by atoms with Gasteiger partial charge in [-0.1, -0.05) is 6.08 Å². The number of aryl methyl sites for hydroxylation is 2. The van der Waals surface area contributed by atoms with Crippen molar-refractivity contribution in [3.8, 4) is 5.75 Å². The van der Waals surface area contributed by atoms with Crippen molar-refractivity contribution in [1.29, 1.82) is 0 Å². The van der Waals surface area contributed by atoms with E-state index in [1.165, 1.54) is 11.1 Å². The Morgan fingerprint density at radius 3 is 2.86 bits per heavy atom. The maximum atomic E-state index is 6.11. The molecule has 0 spiro atoms. The number of hydrogen-bond acceptors (Lipinski definition) is 6. The first-order valence-corrected chi connectivity index (χ1v) is 10.2. The third-order valence-corrected chi connectivity index (χ3v) is 5.37. The molecule has 0 saturated carbocycles. The van der Waals surface area contributed by atoms with E-state index in [0.717, 1.165) is 85.4 Å². The molecule has 0 aliphatic carbocycles. The van der Waals surface area contributed by atoms with Crippen LogP contribution in [-0.2, 0) is 6.42 Å². The molecule has 2 aliphatic heterocycles. The fraction of sp³-hybridized carbons (Fsp3) is 0.455. The van der Waals surface area contributed by atoms with Gasteiger partial charge in [-0.25, -0.2) is 9.97 Å². The van der Waals surface area contributed by atoms with Crippen molar-refractivity contribution < 1.29 is 4.74 Å². The lowest BCUT2D eigenvalue weighted by Gasteiger charge is -2.25. The standard InChI is InChI=1S/C22H29N5O/c1-14-12-17(23-3)13-19(25-14)27-22-15(2)20(16-6-4-9-24-10-8-16)21-18(26-22)7-5-11-28-21/h8,12-13,24H,4-7,9-11H2,1-3H3,(H2,23,25,26,27). The molecule has 0 aromatic carbocycles. The highest BCUT2D eigenvalue weighted by atomic mass is 16.5. The fourth-order valence-electron chi connectivity index (χ4n) is 3.98. The number of rotatable bonds is 4. The highest BCUT2D eigenvalue weighted by molar-refractivity contribution is 5.79. The van der Waals surface area contributed by atoms with Crippen LogP contribution in [0.3, 0.4) is 0 Å². The number of nitrogens with one attached hydrogen (secondary N) is 3. The van der Waals surface area contributed by atoms with Crippen molar-refractivity contribution in [2.24, 2.45) is 0 Å². The van der Waals surface area contributed by atoms with Crippen LogP contribution in [0.1, 0.15) is 41.8 Å². The van der Waals surface area contributed by atoms with Crippen LogP contribution in [0.5, 0.6) is 5.75 Å². The average molecular weight is 380 g/mol. The van der Waals surface area contributed by atoms with E-state index in [9.17, 15) is 0 Å². The average Bonchev–Trinajstić information content (AvgIpc) is 2.97. The molecule has 28 heavy (non-hydrogen) atoms. The van der Waals surface area contributed by atoms with Gasteiger partial charge in [0.15, 0.2) is 0 Å². The monoisotopic (exact) mass is 379 g/mol. The predicted molar refractivity (Wildman–Crippen MR) is 115 cm³/mol. The molecule has 2 aliphatic rings. The van der Waals surface area contributed by atoms with Crippen molar-refractivity contribution in [2.75, 3.05) is 37.4 Å². The summed E-state index contributed by atoms with van der Waals surface area (Å²) in [7, 11) is 1.92. The van der Waals surface area contributed by atoms with Crippen LogP contribution in [0.25, 0.3) is 5.57 Å². The van der Waals surface area contributed by atoms with Gasteiger partial charge in [-0.05, 0) is 57.7 Å². The maximum absolute atomic E-state index is 6.11. The quantitative estimate of drug-likeness (QED) is 0.747. The Balaban J connectivity index is 1.79. The highest BCUT2D eigenvalue weighted by Crippen LogP contribution is 2.40. The van der Waals surface area contributed by atoms with Crippen molar-refractivity contribution in [1.82, 2.24) is 15.3 Å². The summed E-state index contributed by atoms with van der Waals surface area (Å²) in [5.74, 6) is 2.66. The smallest absolute Gasteiger partial charge is 0.148 e. The van der Waals surface area contributed by atoms with Crippen LogP contribution in [-0.4, -0.2) is 36.7 Å². The van der Waals surface area contributed by atoms with Crippen molar-refractivity contribution in [2.45, 2.75) is 39.5 Å². The number of aromatic nitrogens is 2. The van der Waals surface area contributed by atoms with Crippen molar-refractivity contribution in [3.63, 3.8) is 0 Å². The zero-order valence-corrected chi connectivity index (χ0v) is 17.0. The van der Waals surface area contributed by atoms with Crippen LogP contribution in [0.15, 0.2) is 18.2 Å².